The van der Waals surface area contributed by atoms with Gasteiger partial charge in [-0.2, -0.15) is 4.31 Å². The zero-order valence-corrected chi connectivity index (χ0v) is 16.8. The number of nitrogens with zero attached hydrogens (tertiary/aromatic N) is 4. The second-order valence-corrected chi connectivity index (χ2v) is 9.56. The molecule has 1 aromatic carbocycles. The summed E-state index contributed by atoms with van der Waals surface area (Å²) in [6, 6.07) is 5.66. The predicted molar refractivity (Wildman–Crippen MR) is 101 cm³/mol. The first-order valence-electron chi connectivity index (χ1n) is 9.40. The van der Waals surface area contributed by atoms with Crippen LogP contribution in [0.25, 0.3) is 0 Å². The fourth-order valence-corrected chi connectivity index (χ4v) is 6.39. The van der Waals surface area contributed by atoms with E-state index >= 15 is 0 Å². The molecule has 0 spiro atoms. The van der Waals surface area contributed by atoms with Gasteiger partial charge in [0.2, 0.25) is 10.0 Å². The van der Waals surface area contributed by atoms with Gasteiger partial charge in [0.1, 0.15) is 5.69 Å². The van der Waals surface area contributed by atoms with E-state index in [4.69, 9.17) is 4.74 Å². The lowest BCUT2D eigenvalue weighted by molar-refractivity contribution is 0.180. The third kappa shape index (κ3) is 3.30. The number of hydrogen-bond donors (Lipinski definition) is 0. The molecule has 0 aliphatic carbocycles. The van der Waals surface area contributed by atoms with Gasteiger partial charge in [0.25, 0.3) is 0 Å². The summed E-state index contributed by atoms with van der Waals surface area (Å²) in [7, 11) is -1.84. The molecule has 2 unspecified atom stereocenters. The molecule has 0 saturated carbocycles. The first kappa shape index (κ1) is 18.6. The maximum absolute atomic E-state index is 13.3. The molecule has 2 bridgehead atoms. The molecule has 0 N–H and O–H groups in total. The van der Waals surface area contributed by atoms with Crippen LogP contribution in [0.4, 0.5) is 0 Å². The van der Waals surface area contributed by atoms with Crippen molar-refractivity contribution in [1.82, 2.24) is 19.3 Å². The smallest absolute Gasteiger partial charge is 0.243 e. The summed E-state index contributed by atoms with van der Waals surface area (Å²) in [5.41, 5.74) is 2.91. The molecule has 0 radical (unpaired) electrons. The van der Waals surface area contributed by atoms with Gasteiger partial charge in [-0.3, -0.25) is 0 Å². The summed E-state index contributed by atoms with van der Waals surface area (Å²) in [6.45, 7) is 4.39. The molecule has 4 rings (SSSR count). The molecule has 2 aliphatic heterocycles. The maximum atomic E-state index is 13.3. The largest absolute Gasteiger partial charge is 0.378 e. The number of methoxy groups -OCH3 is 1. The average Bonchev–Trinajstić information content (AvgIpc) is 3.20. The van der Waals surface area contributed by atoms with Crippen LogP contribution in [-0.2, 0) is 21.4 Å². The normalized spacial score (nSPS) is 25.8. The van der Waals surface area contributed by atoms with Gasteiger partial charge in [0, 0.05) is 19.2 Å². The van der Waals surface area contributed by atoms with Crippen molar-refractivity contribution >= 4 is 10.0 Å². The standard InChI is InChI=1S/C19H26N4O3S/c1-13-4-7-19(8-14(13)2)27(24,25)23-16-5-6-17(23)10-18(9-16)22-11-15(12-26-3)20-21-22/h4,7-8,11,16-18H,5-6,9-10,12H2,1-3H3. The Morgan fingerprint density at radius 2 is 1.81 bits per heavy atom. The highest BCUT2D eigenvalue weighted by Crippen LogP contribution is 2.43. The minimum atomic E-state index is -3.48. The van der Waals surface area contributed by atoms with E-state index in [0.717, 1.165) is 42.5 Å². The molecule has 2 aromatic rings. The Morgan fingerprint density at radius 1 is 1.11 bits per heavy atom. The molecule has 2 atom stereocenters. The third-order valence-corrected chi connectivity index (χ3v) is 7.92. The number of fused-ring (bicyclic) bond motifs is 2. The minimum absolute atomic E-state index is 0.0236. The van der Waals surface area contributed by atoms with Gasteiger partial charge in [0.15, 0.2) is 0 Å². The SMILES string of the molecule is COCc1cn(C2CC3CCC(C2)N3S(=O)(=O)c2ccc(C)c(C)c2)nn1. The number of sulfonamides is 1. The van der Waals surface area contributed by atoms with E-state index < -0.39 is 10.0 Å². The molecule has 2 aliphatic rings. The average molecular weight is 391 g/mol. The molecule has 2 saturated heterocycles. The van der Waals surface area contributed by atoms with E-state index in [1.807, 2.05) is 30.8 Å². The summed E-state index contributed by atoms with van der Waals surface area (Å²) in [5.74, 6) is 0. The van der Waals surface area contributed by atoms with Crippen molar-refractivity contribution in [2.75, 3.05) is 7.11 Å². The Balaban J connectivity index is 1.57. The van der Waals surface area contributed by atoms with Crippen molar-refractivity contribution in [1.29, 1.82) is 0 Å². The van der Waals surface area contributed by atoms with Crippen LogP contribution in [0.5, 0.6) is 0 Å². The van der Waals surface area contributed by atoms with Crippen LogP contribution in [0.1, 0.15) is 48.5 Å². The Bertz CT molecular complexity index is 926. The zero-order valence-electron chi connectivity index (χ0n) is 16.0. The van der Waals surface area contributed by atoms with E-state index in [-0.39, 0.29) is 18.1 Å². The number of rotatable bonds is 5. The molecule has 8 heteroatoms. The highest BCUT2D eigenvalue weighted by Gasteiger charge is 2.47. The highest BCUT2D eigenvalue weighted by molar-refractivity contribution is 7.89. The Hall–Kier alpha value is -1.77. The molecule has 146 valence electrons. The van der Waals surface area contributed by atoms with Gasteiger partial charge in [-0.25, -0.2) is 13.1 Å². The molecule has 2 fully saturated rings. The van der Waals surface area contributed by atoms with Gasteiger partial charge >= 0.3 is 0 Å². The monoisotopic (exact) mass is 390 g/mol. The second-order valence-electron chi connectivity index (χ2n) is 7.71. The molecular formula is C19H26N4O3S. The molecule has 1 aromatic heterocycles. The van der Waals surface area contributed by atoms with Crippen LogP contribution in [0.15, 0.2) is 29.3 Å². The van der Waals surface area contributed by atoms with Crippen molar-refractivity contribution in [3.05, 3.63) is 41.2 Å². The third-order valence-electron chi connectivity index (χ3n) is 5.92. The summed E-state index contributed by atoms with van der Waals surface area (Å²) >= 11 is 0. The summed E-state index contributed by atoms with van der Waals surface area (Å²) < 4.78 is 35.4. The van der Waals surface area contributed by atoms with Crippen LogP contribution in [0, 0.1) is 13.8 Å². The number of hydrogen-bond acceptors (Lipinski definition) is 5. The zero-order chi connectivity index (χ0) is 19.2. The van der Waals surface area contributed by atoms with Gasteiger partial charge in [0.05, 0.1) is 23.7 Å². The fourth-order valence-electron chi connectivity index (χ4n) is 4.42. The number of aromatic nitrogens is 3. The van der Waals surface area contributed by atoms with E-state index in [1.165, 1.54) is 0 Å². The quantitative estimate of drug-likeness (QED) is 0.784. The van der Waals surface area contributed by atoms with Gasteiger partial charge in [-0.05, 0) is 62.8 Å². The van der Waals surface area contributed by atoms with Crippen molar-refractivity contribution < 1.29 is 13.2 Å². The number of ether oxygens (including phenoxy) is 1. The predicted octanol–water partition coefficient (Wildman–Crippen LogP) is 2.60. The summed E-state index contributed by atoms with van der Waals surface area (Å²) in [5, 5.41) is 8.38. The topological polar surface area (TPSA) is 77.3 Å². The maximum Gasteiger partial charge on any atom is 0.243 e. The number of aryl methyl sites for hydroxylation is 2. The van der Waals surface area contributed by atoms with Gasteiger partial charge in [-0.15, -0.1) is 5.10 Å². The van der Waals surface area contributed by atoms with E-state index in [1.54, 1.807) is 23.5 Å². The Labute approximate surface area is 160 Å². The van der Waals surface area contributed by atoms with Gasteiger partial charge in [-0.1, -0.05) is 11.3 Å². The molecule has 0 amide bonds. The lowest BCUT2D eigenvalue weighted by atomic mass is 10.00. The lowest BCUT2D eigenvalue weighted by Crippen LogP contribution is -2.46. The van der Waals surface area contributed by atoms with Crippen LogP contribution >= 0.6 is 0 Å². The van der Waals surface area contributed by atoms with Crippen molar-refractivity contribution in [2.45, 2.75) is 69.2 Å². The van der Waals surface area contributed by atoms with E-state index in [9.17, 15) is 8.42 Å². The number of piperidine rings is 1. The molecule has 7 nitrogen and oxygen atoms in total. The van der Waals surface area contributed by atoms with E-state index in [0.29, 0.717) is 11.5 Å². The van der Waals surface area contributed by atoms with Crippen LogP contribution < -0.4 is 0 Å². The van der Waals surface area contributed by atoms with Crippen LogP contribution in [0.3, 0.4) is 0 Å². The second kappa shape index (κ2) is 7.00. The summed E-state index contributed by atoms with van der Waals surface area (Å²) in [6.07, 6.45) is 5.28. The fraction of sp³-hybridized carbons (Fsp3) is 0.579. The lowest BCUT2D eigenvalue weighted by Gasteiger charge is -2.37. The summed E-state index contributed by atoms with van der Waals surface area (Å²) in [4.78, 5) is 0.407. The molecule has 27 heavy (non-hydrogen) atoms. The van der Waals surface area contributed by atoms with Crippen molar-refractivity contribution in [3.8, 4) is 0 Å². The first-order chi connectivity index (χ1) is 12.9. The van der Waals surface area contributed by atoms with Crippen molar-refractivity contribution in [3.63, 3.8) is 0 Å². The van der Waals surface area contributed by atoms with Crippen LogP contribution in [0.2, 0.25) is 0 Å². The Kier molecular flexibility index (Phi) is 4.82. The van der Waals surface area contributed by atoms with Gasteiger partial charge < -0.3 is 4.74 Å². The van der Waals surface area contributed by atoms with Crippen molar-refractivity contribution in [2.24, 2.45) is 0 Å². The van der Waals surface area contributed by atoms with E-state index in [2.05, 4.69) is 10.3 Å². The highest BCUT2D eigenvalue weighted by atomic mass is 32.2. The van der Waals surface area contributed by atoms with Crippen LogP contribution in [-0.4, -0.2) is 46.9 Å². The Morgan fingerprint density at radius 3 is 2.44 bits per heavy atom. The number of benzene rings is 1. The molecule has 3 heterocycles. The molecular weight excluding hydrogens is 364 g/mol. The minimum Gasteiger partial charge on any atom is -0.378 e. The first-order valence-corrected chi connectivity index (χ1v) is 10.8.